The Kier molecular flexibility index (Phi) is 5.28. The minimum atomic E-state index is -0.807. The van der Waals surface area contributed by atoms with E-state index >= 15 is 0 Å². The second kappa shape index (κ2) is 6.80. The zero-order valence-corrected chi connectivity index (χ0v) is 13.9. The highest BCUT2D eigenvalue weighted by Gasteiger charge is 2.18. The highest BCUT2D eigenvalue weighted by molar-refractivity contribution is 7.99. The maximum atomic E-state index is 9.55. The molecule has 0 saturated carbocycles. The van der Waals surface area contributed by atoms with Crippen molar-refractivity contribution in [1.29, 1.82) is 0 Å². The fourth-order valence-electron chi connectivity index (χ4n) is 1.57. The molecule has 2 atom stereocenters. The molecule has 2 rings (SSSR count). The van der Waals surface area contributed by atoms with Gasteiger partial charge in [-0.2, -0.15) is 25.6 Å². The molecule has 2 N–H and O–H groups in total. The van der Waals surface area contributed by atoms with Crippen LogP contribution in [0.4, 0.5) is 5.95 Å². The number of thiol groups is 1. The van der Waals surface area contributed by atoms with Crippen LogP contribution in [0, 0.1) is 0 Å². The number of hydrogen-bond donors (Lipinski definition) is 3. The van der Waals surface area contributed by atoms with Gasteiger partial charge in [0.2, 0.25) is 5.28 Å². The van der Waals surface area contributed by atoms with E-state index < -0.39 is 4.16 Å². The highest BCUT2D eigenvalue weighted by Crippen LogP contribution is 2.33. The number of nitrogens with one attached hydrogen (secondary N) is 1. The smallest absolute Gasteiger partial charge is 0.192 e. The van der Waals surface area contributed by atoms with Gasteiger partial charge in [0.1, 0.15) is 19.9 Å². The Hall–Kier alpha value is -1.06. The minimum Gasteiger partial charge on any atom is -0.192 e. The van der Waals surface area contributed by atoms with E-state index in [4.69, 9.17) is 11.6 Å². The van der Waals surface area contributed by atoms with Crippen LogP contribution in [0.15, 0.2) is 35.5 Å². The maximum absolute atomic E-state index is 9.55. The van der Waals surface area contributed by atoms with Crippen LogP contribution in [0.1, 0.15) is 17.7 Å². The molecule has 0 bridgehead atoms. The molecular weight excluding hydrogens is 330 g/mol. The van der Waals surface area contributed by atoms with Crippen LogP contribution in [0.25, 0.3) is 0 Å². The van der Waals surface area contributed by atoms with Crippen molar-refractivity contribution >= 4 is 42.1 Å². The predicted octanol–water partition coefficient (Wildman–Crippen LogP) is 3.39. The minimum absolute atomic E-state index is 0.0528. The predicted molar refractivity (Wildman–Crippen MR) is 86.1 cm³/mol. The van der Waals surface area contributed by atoms with Gasteiger partial charge >= 0.3 is 0 Å². The summed E-state index contributed by atoms with van der Waals surface area (Å²) in [5.74, 6) is 0.151. The van der Waals surface area contributed by atoms with Crippen LogP contribution in [0.5, 0.6) is 0 Å². The van der Waals surface area contributed by atoms with Gasteiger partial charge in [0, 0.05) is 5.25 Å². The lowest BCUT2D eigenvalue weighted by Crippen LogP contribution is -2.36. The van der Waals surface area contributed by atoms with Crippen molar-refractivity contribution in [2.75, 3.05) is 12.5 Å². The van der Waals surface area contributed by atoms with Gasteiger partial charge < -0.3 is 0 Å². The second-order valence-corrected chi connectivity index (χ2v) is 6.83. The first kappa shape index (κ1) is 16.3. The zero-order valence-electron chi connectivity index (χ0n) is 11.4. The number of anilines is 1. The average molecular weight is 345 g/mol. The molecule has 0 aliphatic carbocycles. The topological polar surface area (TPSA) is 70.9 Å². The van der Waals surface area contributed by atoms with E-state index in [-0.39, 0.29) is 16.5 Å². The Morgan fingerprint density at radius 3 is 2.57 bits per heavy atom. The molecule has 0 aliphatic heterocycles. The number of nitrogens with zero attached hydrogens (tertiary/aromatic N) is 4. The van der Waals surface area contributed by atoms with Crippen LogP contribution in [-0.2, 0) is 0 Å². The third-order valence-corrected chi connectivity index (χ3v) is 3.74. The van der Waals surface area contributed by atoms with Crippen LogP contribution in [0.2, 0.25) is 5.28 Å². The molecule has 0 spiro atoms. The lowest BCUT2D eigenvalue weighted by Gasteiger charge is -2.17. The van der Waals surface area contributed by atoms with E-state index in [1.54, 1.807) is 0 Å². The first-order valence-electron chi connectivity index (χ1n) is 6.07. The van der Waals surface area contributed by atoms with Crippen molar-refractivity contribution in [3.63, 3.8) is 0 Å². The van der Waals surface area contributed by atoms with Crippen LogP contribution < -0.4 is 5.43 Å². The summed E-state index contributed by atoms with van der Waals surface area (Å²) in [5.41, 5.74) is 3.73. The van der Waals surface area contributed by atoms with Gasteiger partial charge in [-0.3, -0.25) is 0 Å². The maximum Gasteiger partial charge on any atom is 0.278 e. The summed E-state index contributed by atoms with van der Waals surface area (Å²) < 4.78 is -0.807. The second-order valence-electron chi connectivity index (χ2n) is 4.41. The Balaban J connectivity index is 2.16. The Bertz CT molecular complexity index is 608. The van der Waals surface area contributed by atoms with Crippen LogP contribution >= 0.6 is 36.2 Å². The first-order valence-corrected chi connectivity index (χ1v) is 7.73. The van der Waals surface area contributed by atoms with E-state index in [1.165, 1.54) is 18.8 Å². The summed E-state index contributed by atoms with van der Waals surface area (Å²) in [7, 11) is 1.40. The van der Waals surface area contributed by atoms with Crippen molar-refractivity contribution in [3.8, 4) is 0 Å². The number of aromatic nitrogens is 3. The summed E-state index contributed by atoms with van der Waals surface area (Å²) >= 11 is 11.2. The fraction of sp³-hybridized carbons (Fsp3) is 0.250. The average Bonchev–Trinajstić information content (AvgIpc) is 2.36. The SMILES string of the molecule is CC(Sc1nc(Cl)nc(N[N+](C)(O)S)n1)c1ccccc1. The monoisotopic (exact) mass is 344 g/mol. The largest absolute Gasteiger partial charge is 0.278 e. The molecule has 0 aliphatic rings. The number of halogens is 1. The van der Waals surface area contributed by atoms with Crippen molar-refractivity contribution < 1.29 is 9.37 Å². The highest BCUT2D eigenvalue weighted by atomic mass is 35.5. The van der Waals surface area contributed by atoms with Gasteiger partial charge in [-0.05, 0) is 28.2 Å². The molecule has 1 aromatic carbocycles. The Labute approximate surface area is 137 Å². The lowest BCUT2D eigenvalue weighted by molar-refractivity contribution is -0.955. The summed E-state index contributed by atoms with van der Waals surface area (Å²) in [6.45, 7) is 2.05. The number of benzene rings is 1. The van der Waals surface area contributed by atoms with Gasteiger partial charge in [-0.25, -0.2) is 0 Å². The molecule has 0 saturated heterocycles. The number of thioether (sulfide) groups is 1. The van der Waals surface area contributed by atoms with Gasteiger partial charge in [-0.15, -0.1) is 0 Å². The van der Waals surface area contributed by atoms with Gasteiger partial charge in [0.15, 0.2) is 5.16 Å². The van der Waals surface area contributed by atoms with Crippen molar-refractivity contribution in [3.05, 3.63) is 41.2 Å². The third kappa shape index (κ3) is 5.33. The van der Waals surface area contributed by atoms with E-state index in [0.29, 0.717) is 5.16 Å². The molecule has 0 radical (unpaired) electrons. The van der Waals surface area contributed by atoms with E-state index in [9.17, 15) is 5.21 Å². The van der Waals surface area contributed by atoms with E-state index in [2.05, 4.69) is 40.1 Å². The third-order valence-electron chi connectivity index (χ3n) is 2.45. The van der Waals surface area contributed by atoms with Crippen molar-refractivity contribution in [2.24, 2.45) is 0 Å². The lowest BCUT2D eigenvalue weighted by atomic mass is 10.2. The summed E-state index contributed by atoms with van der Waals surface area (Å²) in [4.78, 5) is 12.2. The van der Waals surface area contributed by atoms with Crippen molar-refractivity contribution in [2.45, 2.75) is 17.3 Å². The van der Waals surface area contributed by atoms with Gasteiger partial charge in [0.05, 0.1) is 0 Å². The number of quaternary nitrogens is 1. The molecule has 1 heterocycles. The number of hydrogen-bond acceptors (Lipinski definition) is 7. The number of rotatable bonds is 5. The first-order chi connectivity index (χ1) is 9.83. The molecule has 9 heteroatoms. The zero-order chi connectivity index (χ0) is 15.5. The van der Waals surface area contributed by atoms with Crippen LogP contribution in [0.3, 0.4) is 0 Å². The van der Waals surface area contributed by atoms with Crippen molar-refractivity contribution in [1.82, 2.24) is 15.0 Å². The standard InChI is InChI=1S/C12H15ClN5OS2/c1-8(9-6-4-3-5-7-9)21-12-15-10(13)14-11(16-12)17-18(2,19)20/h3-8,19-20H,1-2H3,(H,14,15,16,17)/q+1. The van der Waals surface area contributed by atoms with Crippen LogP contribution in [-0.4, -0.2) is 31.4 Å². The summed E-state index contributed by atoms with van der Waals surface area (Å²) in [6.07, 6.45) is 0. The molecule has 21 heavy (non-hydrogen) atoms. The van der Waals surface area contributed by atoms with Gasteiger partial charge in [-0.1, -0.05) is 42.1 Å². The number of hydroxylamine groups is 1. The van der Waals surface area contributed by atoms with Gasteiger partial charge in [0.25, 0.3) is 5.95 Å². The molecule has 112 valence electrons. The van der Waals surface area contributed by atoms with E-state index in [1.807, 2.05) is 30.3 Å². The Morgan fingerprint density at radius 1 is 1.29 bits per heavy atom. The molecular formula is C12H15ClN5OS2+. The summed E-state index contributed by atoms with van der Waals surface area (Å²) in [6, 6.07) is 10.0. The Morgan fingerprint density at radius 2 is 1.95 bits per heavy atom. The molecule has 2 aromatic rings. The molecule has 0 fully saturated rings. The molecule has 2 unspecified atom stereocenters. The summed E-state index contributed by atoms with van der Waals surface area (Å²) in [5, 5.41) is 10.2. The fourth-order valence-corrected chi connectivity index (χ4v) is 2.76. The van der Waals surface area contributed by atoms with E-state index in [0.717, 1.165) is 5.56 Å². The molecule has 6 nitrogen and oxygen atoms in total. The normalized spacial score (nSPS) is 15.3. The molecule has 0 amide bonds. The quantitative estimate of drug-likeness (QED) is 0.334. The molecule has 1 aromatic heterocycles.